The highest BCUT2D eigenvalue weighted by molar-refractivity contribution is 7.90. The Kier molecular flexibility index (Phi) is 3.69. The molecule has 1 aliphatic rings. The summed E-state index contributed by atoms with van der Waals surface area (Å²) in [5.74, 6) is -2.58. The van der Waals surface area contributed by atoms with Gasteiger partial charge in [-0.2, -0.15) is 0 Å². The van der Waals surface area contributed by atoms with E-state index in [1.165, 1.54) is 0 Å². The highest BCUT2D eigenvalue weighted by Gasteiger charge is 2.41. The maximum Gasteiger partial charge on any atom is 0.310 e. The second-order valence-corrected chi connectivity index (χ2v) is 6.26. The van der Waals surface area contributed by atoms with Crippen molar-refractivity contribution in [3.63, 3.8) is 0 Å². The summed E-state index contributed by atoms with van der Waals surface area (Å²) in [4.78, 5) is 11.2. The van der Waals surface area contributed by atoms with Gasteiger partial charge in [-0.15, -0.1) is 0 Å². The first-order chi connectivity index (χ1) is 11.6. The fourth-order valence-corrected chi connectivity index (χ4v) is 3.54. The van der Waals surface area contributed by atoms with Crippen molar-refractivity contribution < 1.29 is 23.4 Å². The van der Waals surface area contributed by atoms with Crippen LogP contribution in [0.1, 0.15) is 11.1 Å². The van der Waals surface area contributed by atoms with Crippen LogP contribution in [-0.4, -0.2) is 22.2 Å². The molecule has 0 aromatic heterocycles. The van der Waals surface area contributed by atoms with E-state index in [4.69, 9.17) is 8.37 Å². The van der Waals surface area contributed by atoms with Crippen LogP contribution < -0.4 is 0 Å². The Morgan fingerprint density at radius 2 is 1.83 bits per heavy atom. The molecule has 5 nitrogen and oxygen atoms in total. The molecule has 0 amide bonds. The van der Waals surface area contributed by atoms with Crippen LogP contribution in [0, 0.1) is 0 Å². The van der Waals surface area contributed by atoms with E-state index >= 15 is 0 Å². The van der Waals surface area contributed by atoms with Crippen LogP contribution in [0.2, 0.25) is 0 Å². The minimum atomic E-state index is -1.68. The summed E-state index contributed by atoms with van der Waals surface area (Å²) in [5, 5.41) is 23.2. The summed E-state index contributed by atoms with van der Waals surface area (Å²) in [6, 6.07) is 15.4. The van der Waals surface area contributed by atoms with E-state index in [9.17, 15) is 15.0 Å². The van der Waals surface area contributed by atoms with Crippen molar-refractivity contribution in [3.8, 4) is 0 Å². The van der Waals surface area contributed by atoms with Gasteiger partial charge < -0.3 is 10.2 Å². The van der Waals surface area contributed by atoms with E-state index in [-0.39, 0.29) is 12.8 Å². The van der Waals surface area contributed by atoms with Gasteiger partial charge in [-0.3, -0.25) is 4.79 Å². The van der Waals surface area contributed by atoms with Crippen molar-refractivity contribution in [1.29, 1.82) is 0 Å². The van der Waals surface area contributed by atoms with Gasteiger partial charge in [0.15, 0.2) is 12.3 Å². The molecule has 1 saturated heterocycles. The molecular weight excluding hydrogens is 328 g/mol. The van der Waals surface area contributed by atoms with Gasteiger partial charge in [-0.1, -0.05) is 42.5 Å². The van der Waals surface area contributed by atoms with Crippen molar-refractivity contribution in [2.24, 2.45) is 0 Å². The monoisotopic (exact) mass is 342 g/mol. The molecule has 0 aliphatic carbocycles. The Labute approximate surface area is 142 Å². The van der Waals surface area contributed by atoms with E-state index in [0.29, 0.717) is 5.56 Å². The zero-order valence-corrected chi connectivity index (χ0v) is 13.4. The molecule has 1 fully saturated rings. The largest absolute Gasteiger partial charge is 0.481 e. The van der Waals surface area contributed by atoms with E-state index in [2.05, 4.69) is 0 Å². The average molecular weight is 342 g/mol. The molecule has 0 spiro atoms. The van der Waals surface area contributed by atoms with Gasteiger partial charge in [0.1, 0.15) is 0 Å². The smallest absolute Gasteiger partial charge is 0.310 e. The first-order valence-electron chi connectivity index (χ1n) is 7.46. The van der Waals surface area contributed by atoms with Crippen molar-refractivity contribution in [2.75, 3.05) is 0 Å². The number of carboxylic acid groups (broad SMARTS) is 1. The highest BCUT2D eigenvalue weighted by Crippen LogP contribution is 2.40. The number of aliphatic hydroxyl groups is 1. The average Bonchev–Trinajstić information content (AvgIpc) is 2.52. The van der Waals surface area contributed by atoms with Crippen LogP contribution in [-0.2, 0) is 26.0 Å². The molecule has 122 valence electrons. The number of fused-ring (bicyclic) bond motifs is 2. The molecule has 0 radical (unpaired) electrons. The third-order valence-corrected chi connectivity index (χ3v) is 4.81. The molecule has 3 aromatic rings. The predicted octanol–water partition coefficient (Wildman–Crippen LogP) is 3.42. The first kappa shape index (κ1) is 15.4. The first-order valence-corrected chi connectivity index (χ1v) is 8.12. The third-order valence-electron chi connectivity index (χ3n) is 4.15. The number of aliphatic carboxylic acids is 1. The van der Waals surface area contributed by atoms with Gasteiger partial charge in [-0.05, 0) is 38.7 Å². The highest BCUT2D eigenvalue weighted by atomic mass is 32.2. The van der Waals surface area contributed by atoms with Gasteiger partial charge in [-0.25, -0.2) is 8.37 Å². The fraction of sp³-hybridized carbons (Fsp3) is 0.167. The molecule has 24 heavy (non-hydrogen) atoms. The van der Waals surface area contributed by atoms with E-state index in [1.807, 2.05) is 42.5 Å². The van der Waals surface area contributed by atoms with Crippen LogP contribution in [0.3, 0.4) is 0 Å². The summed E-state index contributed by atoms with van der Waals surface area (Å²) in [6.45, 7) is 0. The predicted molar refractivity (Wildman–Crippen MR) is 91.2 cm³/mol. The van der Waals surface area contributed by atoms with Crippen molar-refractivity contribution in [1.82, 2.24) is 0 Å². The third kappa shape index (κ3) is 2.63. The minimum Gasteiger partial charge on any atom is -0.481 e. The second-order valence-electron chi connectivity index (χ2n) is 5.79. The Hall–Kier alpha value is -2.12. The van der Waals surface area contributed by atoms with Gasteiger partial charge in [0.05, 0.1) is 12.8 Å². The lowest BCUT2D eigenvalue weighted by Gasteiger charge is -2.33. The van der Waals surface area contributed by atoms with Gasteiger partial charge >= 0.3 is 11.9 Å². The van der Waals surface area contributed by atoms with Crippen LogP contribution in [0.25, 0.3) is 21.5 Å². The Bertz CT molecular complexity index is 949. The lowest BCUT2D eigenvalue weighted by molar-refractivity contribution is -0.305. The van der Waals surface area contributed by atoms with Gasteiger partial charge in [0.25, 0.3) is 0 Å². The van der Waals surface area contributed by atoms with Gasteiger partial charge in [0, 0.05) is 0 Å². The number of carbonyl (C=O) groups is 1. The SMILES string of the molecule is O=C(O)Cc1cccc2cc3ccccc3c(CC3(O)OSO3)c12. The Balaban J connectivity index is 2.02. The van der Waals surface area contributed by atoms with Crippen LogP contribution >= 0.6 is 12.3 Å². The van der Waals surface area contributed by atoms with Crippen LogP contribution in [0.5, 0.6) is 0 Å². The molecule has 2 N–H and O–H groups in total. The zero-order valence-electron chi connectivity index (χ0n) is 12.6. The summed E-state index contributed by atoms with van der Waals surface area (Å²) >= 11 is 0.745. The molecule has 6 heteroatoms. The van der Waals surface area contributed by atoms with E-state index in [1.54, 1.807) is 6.07 Å². The lowest BCUT2D eigenvalue weighted by atomic mass is 9.90. The number of rotatable bonds is 4. The fourth-order valence-electron chi connectivity index (χ4n) is 3.20. The molecule has 4 rings (SSSR count). The quantitative estimate of drug-likeness (QED) is 0.559. The topological polar surface area (TPSA) is 76.0 Å². The van der Waals surface area contributed by atoms with Crippen LogP contribution in [0.15, 0.2) is 48.5 Å². The number of carboxylic acids is 1. The number of hydrogen-bond donors (Lipinski definition) is 2. The minimum absolute atomic E-state index is 0.0857. The Morgan fingerprint density at radius 3 is 2.54 bits per heavy atom. The molecule has 0 unspecified atom stereocenters. The second kappa shape index (κ2) is 5.75. The van der Waals surface area contributed by atoms with Crippen LogP contribution in [0.4, 0.5) is 0 Å². The number of hydrogen-bond acceptors (Lipinski definition) is 5. The normalized spacial score (nSPS) is 16.2. The molecule has 0 atom stereocenters. The van der Waals surface area contributed by atoms with E-state index < -0.39 is 11.9 Å². The van der Waals surface area contributed by atoms with E-state index in [0.717, 1.165) is 39.4 Å². The maximum atomic E-state index is 11.2. The van der Waals surface area contributed by atoms with Crippen molar-refractivity contribution in [2.45, 2.75) is 18.8 Å². The summed E-state index contributed by atoms with van der Waals surface area (Å²) in [5.41, 5.74) is 1.53. The molecule has 1 aliphatic heterocycles. The molecule has 0 saturated carbocycles. The molecule has 3 aromatic carbocycles. The zero-order chi connectivity index (χ0) is 16.7. The summed E-state index contributed by atoms with van der Waals surface area (Å²) in [6.07, 6.45) is 0.0338. The molecular formula is C18H14O5S. The lowest BCUT2D eigenvalue weighted by Crippen LogP contribution is -2.41. The maximum absolute atomic E-state index is 11.2. The number of benzene rings is 3. The van der Waals surface area contributed by atoms with Crippen molar-refractivity contribution >= 4 is 39.8 Å². The van der Waals surface area contributed by atoms with Gasteiger partial charge in [0.2, 0.25) is 0 Å². The molecule has 0 bridgehead atoms. The summed E-state index contributed by atoms with van der Waals surface area (Å²) < 4.78 is 10.1. The Morgan fingerprint density at radius 1 is 1.08 bits per heavy atom. The standard InChI is InChI=1S/C18H14O5S/c19-16(20)9-13-6-3-5-12-8-11-4-1-2-7-14(11)15(17(12)13)10-18(21)22-24-23-18/h1-8,21H,9-10H2,(H,19,20). The summed E-state index contributed by atoms with van der Waals surface area (Å²) in [7, 11) is 0. The van der Waals surface area contributed by atoms with Crippen molar-refractivity contribution in [3.05, 3.63) is 59.7 Å². The molecule has 1 heterocycles.